The minimum absolute atomic E-state index is 0.194. The SMILES string of the molecule is CCN(CC)C(=O)OC(/C=C(\c1ccccc1)[Si](C)(C)C(C)(C)C)C(C)C. The van der Waals surface area contributed by atoms with Gasteiger partial charge in [-0.15, -0.1) is 0 Å². The molecule has 3 nitrogen and oxygen atoms in total. The number of benzene rings is 1. The van der Waals surface area contributed by atoms with Crippen LogP contribution in [0.3, 0.4) is 0 Å². The van der Waals surface area contributed by atoms with Crippen LogP contribution in [0, 0.1) is 5.92 Å². The molecule has 0 aromatic heterocycles. The first-order valence-electron chi connectivity index (χ1n) is 10.2. The van der Waals surface area contributed by atoms with Crippen LogP contribution in [0.2, 0.25) is 18.1 Å². The van der Waals surface area contributed by atoms with E-state index in [4.69, 9.17) is 4.74 Å². The molecular weight excluding hydrogens is 350 g/mol. The van der Waals surface area contributed by atoms with Gasteiger partial charge in [-0.1, -0.05) is 83.2 Å². The second kappa shape index (κ2) is 9.58. The first-order chi connectivity index (χ1) is 12.5. The molecule has 0 aliphatic carbocycles. The van der Waals surface area contributed by atoms with Gasteiger partial charge in [0.05, 0.1) is 8.07 Å². The highest BCUT2D eigenvalue weighted by Gasteiger charge is 2.39. The summed E-state index contributed by atoms with van der Waals surface area (Å²) in [4.78, 5) is 14.3. The van der Waals surface area contributed by atoms with E-state index in [0.29, 0.717) is 13.1 Å². The highest BCUT2D eigenvalue weighted by molar-refractivity contribution is 6.96. The number of carbonyl (C=O) groups excluding carboxylic acids is 1. The number of rotatable bonds is 7. The molecule has 1 atom stereocenters. The minimum atomic E-state index is -1.82. The molecule has 4 heteroatoms. The van der Waals surface area contributed by atoms with Crippen LogP contribution in [0.25, 0.3) is 5.20 Å². The zero-order chi connectivity index (χ0) is 20.8. The summed E-state index contributed by atoms with van der Waals surface area (Å²) >= 11 is 0. The Balaban J connectivity index is 3.40. The average molecular weight is 390 g/mol. The molecule has 0 radical (unpaired) electrons. The first-order valence-corrected chi connectivity index (χ1v) is 13.2. The van der Waals surface area contributed by atoms with Crippen molar-refractivity contribution in [1.82, 2.24) is 4.90 Å². The van der Waals surface area contributed by atoms with E-state index < -0.39 is 8.07 Å². The van der Waals surface area contributed by atoms with Crippen LogP contribution < -0.4 is 0 Å². The number of hydrogen-bond acceptors (Lipinski definition) is 2. The molecule has 27 heavy (non-hydrogen) atoms. The lowest BCUT2D eigenvalue weighted by Crippen LogP contribution is -2.40. The van der Waals surface area contributed by atoms with Gasteiger partial charge in [0.2, 0.25) is 0 Å². The molecule has 1 rings (SSSR count). The Morgan fingerprint density at radius 3 is 2.04 bits per heavy atom. The van der Waals surface area contributed by atoms with E-state index in [-0.39, 0.29) is 23.2 Å². The predicted octanol–water partition coefficient (Wildman–Crippen LogP) is 6.62. The van der Waals surface area contributed by atoms with Gasteiger partial charge in [-0.3, -0.25) is 0 Å². The number of ether oxygens (including phenoxy) is 1. The summed E-state index contributed by atoms with van der Waals surface area (Å²) in [6, 6.07) is 10.6. The third-order valence-electron chi connectivity index (χ3n) is 5.88. The first kappa shape index (κ1) is 23.5. The molecule has 0 aliphatic heterocycles. The maximum Gasteiger partial charge on any atom is 0.410 e. The van der Waals surface area contributed by atoms with E-state index in [0.717, 1.165) is 0 Å². The van der Waals surface area contributed by atoms with Gasteiger partial charge in [0.1, 0.15) is 6.10 Å². The zero-order valence-electron chi connectivity index (χ0n) is 18.8. The van der Waals surface area contributed by atoms with Crippen LogP contribution in [0.1, 0.15) is 54.0 Å². The molecular formula is C23H39NO2Si. The molecule has 0 saturated carbocycles. The average Bonchev–Trinajstić information content (AvgIpc) is 2.58. The van der Waals surface area contributed by atoms with Crippen molar-refractivity contribution < 1.29 is 9.53 Å². The van der Waals surface area contributed by atoms with Crippen LogP contribution in [0.5, 0.6) is 0 Å². The Morgan fingerprint density at radius 2 is 1.63 bits per heavy atom. The molecule has 0 bridgehead atoms. The van der Waals surface area contributed by atoms with Crippen molar-refractivity contribution >= 4 is 19.4 Å². The summed E-state index contributed by atoms with van der Waals surface area (Å²) in [5.74, 6) is 0.216. The van der Waals surface area contributed by atoms with E-state index in [1.54, 1.807) is 4.90 Å². The number of amides is 1. The molecule has 0 aliphatic rings. The highest BCUT2D eigenvalue weighted by Crippen LogP contribution is 2.44. The van der Waals surface area contributed by atoms with Gasteiger partial charge in [0, 0.05) is 13.1 Å². The van der Waals surface area contributed by atoms with Crippen LogP contribution in [-0.2, 0) is 4.74 Å². The van der Waals surface area contributed by atoms with Crippen molar-refractivity contribution in [3.8, 4) is 0 Å². The fourth-order valence-corrected chi connectivity index (χ4v) is 5.16. The van der Waals surface area contributed by atoms with Crippen LogP contribution >= 0.6 is 0 Å². The van der Waals surface area contributed by atoms with Gasteiger partial charge >= 0.3 is 6.09 Å². The lowest BCUT2D eigenvalue weighted by molar-refractivity contribution is 0.0661. The molecule has 1 amide bonds. The maximum atomic E-state index is 12.6. The summed E-state index contributed by atoms with van der Waals surface area (Å²) in [6.45, 7) is 21.3. The van der Waals surface area contributed by atoms with Crippen LogP contribution in [0.15, 0.2) is 36.4 Å². The van der Waals surface area contributed by atoms with Crippen molar-refractivity contribution in [2.24, 2.45) is 5.92 Å². The van der Waals surface area contributed by atoms with Crippen molar-refractivity contribution in [3.05, 3.63) is 42.0 Å². The standard InChI is InChI=1S/C23H39NO2Si/c1-10-24(11-2)22(25)26-20(18(3)4)17-21(19-15-13-12-14-16-19)27(8,9)23(5,6)7/h12-18,20H,10-11H2,1-9H3/b21-17+. The Morgan fingerprint density at radius 1 is 1.11 bits per heavy atom. The fraction of sp³-hybridized carbons (Fsp3) is 0.609. The molecule has 1 aromatic carbocycles. The lowest BCUT2D eigenvalue weighted by Gasteiger charge is -2.40. The van der Waals surface area contributed by atoms with Crippen molar-refractivity contribution in [2.45, 2.75) is 72.7 Å². The van der Waals surface area contributed by atoms with Gasteiger partial charge in [-0.25, -0.2) is 4.79 Å². The Bertz CT molecular complexity index is 626. The molecule has 0 saturated heterocycles. The molecule has 0 spiro atoms. The van der Waals surface area contributed by atoms with E-state index in [9.17, 15) is 4.79 Å². The number of hydrogen-bond donors (Lipinski definition) is 0. The molecule has 1 unspecified atom stereocenters. The lowest BCUT2D eigenvalue weighted by atomic mass is 10.1. The second-order valence-electron chi connectivity index (χ2n) is 9.09. The fourth-order valence-electron chi connectivity index (χ4n) is 2.89. The smallest absolute Gasteiger partial charge is 0.410 e. The summed E-state index contributed by atoms with van der Waals surface area (Å²) in [6.07, 6.45) is 1.78. The van der Waals surface area contributed by atoms with Crippen molar-refractivity contribution in [3.63, 3.8) is 0 Å². The number of carbonyl (C=O) groups is 1. The predicted molar refractivity (Wildman–Crippen MR) is 120 cm³/mol. The maximum absolute atomic E-state index is 12.6. The Hall–Kier alpha value is -1.55. The van der Waals surface area contributed by atoms with E-state index in [1.165, 1.54) is 10.8 Å². The molecule has 0 N–H and O–H groups in total. The quantitative estimate of drug-likeness (QED) is 0.490. The zero-order valence-corrected chi connectivity index (χ0v) is 19.8. The van der Waals surface area contributed by atoms with Gasteiger partial charge in [0.15, 0.2) is 0 Å². The summed E-state index contributed by atoms with van der Waals surface area (Å²) in [5.41, 5.74) is 1.24. The molecule has 1 aromatic rings. The summed E-state index contributed by atoms with van der Waals surface area (Å²) < 4.78 is 5.95. The van der Waals surface area contributed by atoms with Crippen LogP contribution in [-0.4, -0.2) is 38.3 Å². The largest absolute Gasteiger partial charge is 0.442 e. The van der Waals surface area contributed by atoms with Gasteiger partial charge in [-0.05, 0) is 36.4 Å². The van der Waals surface area contributed by atoms with Crippen molar-refractivity contribution in [1.29, 1.82) is 0 Å². The molecule has 0 fully saturated rings. The monoisotopic (exact) mass is 389 g/mol. The normalized spacial score (nSPS) is 14.2. The third-order valence-corrected chi connectivity index (χ3v) is 11.4. The van der Waals surface area contributed by atoms with Gasteiger partial charge < -0.3 is 9.64 Å². The molecule has 152 valence electrons. The van der Waals surface area contributed by atoms with Gasteiger partial charge in [-0.2, -0.15) is 0 Å². The van der Waals surface area contributed by atoms with Gasteiger partial charge in [0.25, 0.3) is 0 Å². The highest BCUT2D eigenvalue weighted by atomic mass is 28.3. The topological polar surface area (TPSA) is 29.5 Å². The second-order valence-corrected chi connectivity index (χ2v) is 14.4. The van der Waals surface area contributed by atoms with E-state index in [1.807, 2.05) is 19.9 Å². The van der Waals surface area contributed by atoms with Crippen LogP contribution in [0.4, 0.5) is 4.79 Å². The third kappa shape index (κ3) is 5.96. The Labute approximate surface area is 167 Å². The summed E-state index contributed by atoms with van der Waals surface area (Å²) in [5, 5.41) is 1.56. The van der Waals surface area contributed by atoms with E-state index in [2.05, 4.69) is 78.1 Å². The minimum Gasteiger partial charge on any atom is -0.442 e. The number of nitrogens with zero attached hydrogens (tertiary/aromatic N) is 1. The van der Waals surface area contributed by atoms with E-state index >= 15 is 0 Å². The van der Waals surface area contributed by atoms with Crippen molar-refractivity contribution in [2.75, 3.05) is 13.1 Å². The molecule has 0 heterocycles. The summed E-state index contributed by atoms with van der Waals surface area (Å²) in [7, 11) is -1.82. The Kier molecular flexibility index (Phi) is 8.34.